The minimum Gasteiger partial charge on any atom is -0.481 e. The van der Waals surface area contributed by atoms with Crippen molar-refractivity contribution in [1.82, 2.24) is 10.2 Å². The Morgan fingerprint density at radius 2 is 2.14 bits per heavy atom. The molecule has 2 rings (SSSR count). The number of amides is 2. The van der Waals surface area contributed by atoms with E-state index in [4.69, 9.17) is 5.11 Å². The van der Waals surface area contributed by atoms with Gasteiger partial charge in [0.1, 0.15) is 0 Å². The molecule has 1 aromatic carbocycles. The third-order valence-electron chi connectivity index (χ3n) is 3.90. The second kappa shape index (κ2) is 7.11. The van der Waals surface area contributed by atoms with Crippen molar-refractivity contribution in [2.75, 3.05) is 13.1 Å². The van der Waals surface area contributed by atoms with E-state index >= 15 is 0 Å². The maximum absolute atomic E-state index is 12.3. The van der Waals surface area contributed by atoms with Gasteiger partial charge in [0, 0.05) is 19.5 Å². The molecule has 1 atom stereocenters. The molecule has 5 heteroatoms. The lowest BCUT2D eigenvalue weighted by molar-refractivity contribution is -0.137. The number of likely N-dealkylation sites (tertiary alicyclic amines) is 1. The monoisotopic (exact) mass is 290 g/mol. The average Bonchev–Trinajstić information content (AvgIpc) is 2.93. The maximum atomic E-state index is 12.3. The van der Waals surface area contributed by atoms with E-state index < -0.39 is 5.97 Å². The number of nitrogens with one attached hydrogen (secondary N) is 1. The number of hydrogen-bond donors (Lipinski definition) is 2. The SMILES string of the molecule is Cc1ccccc1C1CCCN1C(=O)NCCCC(=O)O. The van der Waals surface area contributed by atoms with Crippen molar-refractivity contribution in [1.29, 1.82) is 0 Å². The minimum atomic E-state index is -0.830. The van der Waals surface area contributed by atoms with Crippen molar-refractivity contribution >= 4 is 12.0 Å². The summed E-state index contributed by atoms with van der Waals surface area (Å²) >= 11 is 0. The Morgan fingerprint density at radius 3 is 2.86 bits per heavy atom. The zero-order chi connectivity index (χ0) is 15.2. The van der Waals surface area contributed by atoms with Crippen molar-refractivity contribution in [3.05, 3.63) is 35.4 Å². The van der Waals surface area contributed by atoms with Gasteiger partial charge in [0.05, 0.1) is 6.04 Å². The normalized spacial score (nSPS) is 17.8. The molecule has 2 amide bonds. The zero-order valence-electron chi connectivity index (χ0n) is 12.3. The second-order valence-electron chi connectivity index (χ2n) is 5.44. The van der Waals surface area contributed by atoms with Gasteiger partial charge in [-0.3, -0.25) is 4.79 Å². The van der Waals surface area contributed by atoms with E-state index in [9.17, 15) is 9.59 Å². The minimum absolute atomic E-state index is 0.0848. The highest BCUT2D eigenvalue weighted by atomic mass is 16.4. The lowest BCUT2D eigenvalue weighted by Crippen LogP contribution is -2.40. The van der Waals surface area contributed by atoms with Crippen LogP contribution < -0.4 is 5.32 Å². The lowest BCUT2D eigenvalue weighted by atomic mass is 9.99. The summed E-state index contributed by atoms with van der Waals surface area (Å²) < 4.78 is 0. The van der Waals surface area contributed by atoms with Crippen LogP contribution in [0, 0.1) is 6.92 Å². The van der Waals surface area contributed by atoms with Gasteiger partial charge in [-0.1, -0.05) is 24.3 Å². The highest BCUT2D eigenvalue weighted by Crippen LogP contribution is 2.33. The number of aliphatic carboxylic acids is 1. The molecule has 0 spiro atoms. The van der Waals surface area contributed by atoms with Crippen LogP contribution in [0.4, 0.5) is 4.79 Å². The number of rotatable bonds is 5. The number of aryl methyl sites for hydroxylation is 1. The van der Waals surface area contributed by atoms with Gasteiger partial charge in [0.25, 0.3) is 0 Å². The molecule has 0 saturated carbocycles. The summed E-state index contributed by atoms with van der Waals surface area (Å²) in [5, 5.41) is 11.4. The van der Waals surface area contributed by atoms with Gasteiger partial charge in [-0.2, -0.15) is 0 Å². The van der Waals surface area contributed by atoms with Crippen LogP contribution >= 0.6 is 0 Å². The fourth-order valence-corrected chi connectivity index (χ4v) is 2.83. The van der Waals surface area contributed by atoms with E-state index in [2.05, 4.69) is 24.4 Å². The highest BCUT2D eigenvalue weighted by Gasteiger charge is 2.30. The first-order valence-corrected chi connectivity index (χ1v) is 7.41. The van der Waals surface area contributed by atoms with Crippen LogP contribution in [-0.2, 0) is 4.79 Å². The first-order valence-electron chi connectivity index (χ1n) is 7.41. The molecule has 1 heterocycles. The molecule has 1 aromatic rings. The Labute approximate surface area is 125 Å². The summed E-state index contributed by atoms with van der Waals surface area (Å²) in [7, 11) is 0. The smallest absolute Gasteiger partial charge is 0.317 e. The largest absolute Gasteiger partial charge is 0.481 e. The number of benzene rings is 1. The fourth-order valence-electron chi connectivity index (χ4n) is 2.83. The maximum Gasteiger partial charge on any atom is 0.317 e. The van der Waals surface area contributed by atoms with Crippen LogP contribution in [0.5, 0.6) is 0 Å². The molecule has 114 valence electrons. The standard InChI is InChI=1S/C16H22N2O3/c1-12-6-2-3-7-13(12)14-8-5-11-18(14)16(21)17-10-4-9-15(19)20/h2-3,6-7,14H,4-5,8-11H2,1H3,(H,17,21)(H,19,20). The Bertz CT molecular complexity index is 516. The molecule has 1 saturated heterocycles. The molecular weight excluding hydrogens is 268 g/mol. The van der Waals surface area contributed by atoms with E-state index in [0.29, 0.717) is 13.0 Å². The van der Waals surface area contributed by atoms with Crippen molar-refractivity contribution < 1.29 is 14.7 Å². The van der Waals surface area contributed by atoms with Crippen molar-refractivity contribution in [2.24, 2.45) is 0 Å². The quantitative estimate of drug-likeness (QED) is 0.819. The molecular formula is C16H22N2O3. The number of hydrogen-bond acceptors (Lipinski definition) is 2. The fraction of sp³-hybridized carbons (Fsp3) is 0.500. The Hall–Kier alpha value is -2.04. The van der Waals surface area contributed by atoms with Gasteiger partial charge < -0.3 is 15.3 Å². The third kappa shape index (κ3) is 3.97. The number of carboxylic acids is 1. The molecule has 1 fully saturated rings. The Morgan fingerprint density at radius 1 is 1.38 bits per heavy atom. The summed E-state index contributed by atoms with van der Waals surface area (Å²) in [5.41, 5.74) is 2.41. The van der Waals surface area contributed by atoms with Crippen LogP contribution in [0.3, 0.4) is 0 Å². The van der Waals surface area contributed by atoms with E-state index in [-0.39, 0.29) is 18.5 Å². The van der Waals surface area contributed by atoms with Crippen LogP contribution in [0.2, 0.25) is 0 Å². The van der Waals surface area contributed by atoms with Crippen molar-refractivity contribution in [3.63, 3.8) is 0 Å². The number of urea groups is 1. The van der Waals surface area contributed by atoms with Crippen LogP contribution in [0.1, 0.15) is 42.9 Å². The van der Waals surface area contributed by atoms with Crippen molar-refractivity contribution in [2.45, 2.75) is 38.6 Å². The van der Waals surface area contributed by atoms with Gasteiger partial charge in [0.15, 0.2) is 0 Å². The molecule has 1 unspecified atom stereocenters. The van der Waals surface area contributed by atoms with E-state index in [1.54, 1.807) is 0 Å². The van der Waals surface area contributed by atoms with Crippen molar-refractivity contribution in [3.8, 4) is 0 Å². The summed E-state index contributed by atoms with van der Waals surface area (Å²) in [6, 6.07) is 8.19. The second-order valence-corrected chi connectivity index (χ2v) is 5.44. The van der Waals surface area contributed by atoms with Gasteiger partial charge >= 0.3 is 12.0 Å². The predicted octanol–water partition coefficient (Wildman–Crippen LogP) is 2.71. The Balaban J connectivity index is 1.94. The van der Waals surface area contributed by atoms with Gasteiger partial charge in [-0.05, 0) is 37.3 Å². The Kier molecular flexibility index (Phi) is 5.20. The molecule has 0 bridgehead atoms. The molecule has 0 aromatic heterocycles. The molecule has 21 heavy (non-hydrogen) atoms. The highest BCUT2D eigenvalue weighted by molar-refractivity contribution is 5.75. The summed E-state index contributed by atoms with van der Waals surface area (Å²) in [5.74, 6) is -0.830. The molecule has 0 radical (unpaired) electrons. The van der Waals surface area contributed by atoms with Gasteiger partial charge in [0.2, 0.25) is 0 Å². The summed E-state index contributed by atoms with van der Waals surface area (Å²) in [6.45, 7) is 3.22. The van der Waals surface area contributed by atoms with Crippen LogP contribution in [0.15, 0.2) is 24.3 Å². The van der Waals surface area contributed by atoms with Gasteiger partial charge in [-0.25, -0.2) is 4.79 Å². The predicted molar refractivity (Wildman–Crippen MR) is 80.1 cm³/mol. The topological polar surface area (TPSA) is 69.6 Å². The van der Waals surface area contributed by atoms with Crippen LogP contribution in [0.25, 0.3) is 0 Å². The first kappa shape index (κ1) is 15.4. The summed E-state index contributed by atoms with van der Waals surface area (Å²) in [6.07, 6.45) is 2.53. The average molecular weight is 290 g/mol. The molecule has 2 N–H and O–H groups in total. The van der Waals surface area contributed by atoms with Gasteiger partial charge in [-0.15, -0.1) is 0 Å². The third-order valence-corrected chi connectivity index (χ3v) is 3.90. The first-order chi connectivity index (χ1) is 10.1. The molecule has 1 aliphatic rings. The number of nitrogens with zero attached hydrogens (tertiary/aromatic N) is 1. The lowest BCUT2D eigenvalue weighted by Gasteiger charge is -2.26. The summed E-state index contributed by atoms with van der Waals surface area (Å²) in [4.78, 5) is 24.6. The molecule has 0 aliphatic carbocycles. The number of carboxylic acid groups (broad SMARTS) is 1. The van der Waals surface area contributed by atoms with E-state index in [1.807, 2.05) is 17.0 Å². The molecule has 1 aliphatic heterocycles. The van der Waals surface area contributed by atoms with Crippen LogP contribution in [-0.4, -0.2) is 35.1 Å². The molecule has 5 nitrogen and oxygen atoms in total. The van der Waals surface area contributed by atoms with E-state index in [0.717, 1.165) is 19.4 Å². The van der Waals surface area contributed by atoms with E-state index in [1.165, 1.54) is 11.1 Å². The number of carbonyl (C=O) groups is 2. The number of carbonyl (C=O) groups excluding carboxylic acids is 1. The zero-order valence-corrected chi connectivity index (χ0v) is 12.3.